The molecule has 0 saturated carbocycles. The van der Waals surface area contributed by atoms with E-state index in [4.69, 9.17) is 9.47 Å². The lowest BCUT2D eigenvalue weighted by molar-refractivity contribution is 0.0515. The quantitative estimate of drug-likeness (QED) is 0.746. The van der Waals surface area contributed by atoms with Crippen molar-refractivity contribution in [3.8, 4) is 0 Å². The third-order valence-corrected chi connectivity index (χ3v) is 4.15. The highest BCUT2D eigenvalue weighted by Gasteiger charge is 2.27. The summed E-state index contributed by atoms with van der Waals surface area (Å²) in [4.78, 5) is 14.3. The smallest absolute Gasteiger partial charge is 0.255 e. The summed E-state index contributed by atoms with van der Waals surface area (Å²) in [5.41, 5.74) is 0.730. The maximum Gasteiger partial charge on any atom is 0.255 e. The summed E-state index contributed by atoms with van der Waals surface area (Å²) in [5, 5.41) is 0. The Labute approximate surface area is 128 Å². The fourth-order valence-corrected chi connectivity index (χ4v) is 2.80. The van der Waals surface area contributed by atoms with E-state index in [1.165, 1.54) is 0 Å². The summed E-state index contributed by atoms with van der Waals surface area (Å²) in [5.74, 6) is 0.523. The first kappa shape index (κ1) is 15.5. The summed E-state index contributed by atoms with van der Waals surface area (Å²) in [6.45, 7) is 3.51. The molecular formula is C15H20BrNO3. The lowest BCUT2D eigenvalue weighted by Crippen LogP contribution is -2.29. The van der Waals surface area contributed by atoms with E-state index in [9.17, 15) is 4.79 Å². The highest BCUT2D eigenvalue weighted by molar-refractivity contribution is 9.10. The van der Waals surface area contributed by atoms with Crippen molar-refractivity contribution in [1.82, 2.24) is 4.90 Å². The van der Waals surface area contributed by atoms with E-state index in [1.54, 1.807) is 7.11 Å². The third-order valence-electron chi connectivity index (χ3n) is 3.46. The molecule has 0 aromatic heterocycles. The monoisotopic (exact) mass is 341 g/mol. The zero-order valence-corrected chi connectivity index (χ0v) is 13.3. The first-order chi connectivity index (χ1) is 9.72. The van der Waals surface area contributed by atoms with Crippen LogP contribution in [0.25, 0.3) is 0 Å². The van der Waals surface area contributed by atoms with E-state index < -0.39 is 0 Å². The molecule has 0 spiro atoms. The van der Waals surface area contributed by atoms with Crippen LogP contribution in [0.1, 0.15) is 16.8 Å². The average molecular weight is 342 g/mol. The Morgan fingerprint density at radius 1 is 1.40 bits per heavy atom. The van der Waals surface area contributed by atoms with Crippen LogP contribution in [0.5, 0.6) is 0 Å². The zero-order valence-electron chi connectivity index (χ0n) is 11.7. The van der Waals surface area contributed by atoms with Crippen LogP contribution >= 0.6 is 15.9 Å². The molecule has 1 amide bonds. The molecule has 1 aromatic carbocycles. The number of amides is 1. The van der Waals surface area contributed by atoms with Crippen LogP contribution in [0, 0.1) is 5.92 Å². The molecule has 4 nitrogen and oxygen atoms in total. The molecule has 5 heteroatoms. The maximum absolute atomic E-state index is 12.4. The van der Waals surface area contributed by atoms with Gasteiger partial charge in [-0.1, -0.05) is 12.1 Å². The van der Waals surface area contributed by atoms with Gasteiger partial charge in [0.1, 0.15) is 0 Å². The molecule has 0 aliphatic carbocycles. The number of benzene rings is 1. The maximum atomic E-state index is 12.4. The molecule has 0 N–H and O–H groups in total. The number of carbonyl (C=O) groups is 1. The molecule has 0 bridgehead atoms. The van der Waals surface area contributed by atoms with Crippen LogP contribution in [0.3, 0.4) is 0 Å². The Kier molecular flexibility index (Phi) is 6.01. The SMILES string of the molecule is COCCOC[C@H]1CCN(C(=O)c2ccccc2Br)C1. The molecule has 20 heavy (non-hydrogen) atoms. The van der Waals surface area contributed by atoms with Gasteiger partial charge in [-0.3, -0.25) is 4.79 Å². The fraction of sp³-hybridized carbons (Fsp3) is 0.533. The molecule has 2 rings (SSSR count). The van der Waals surface area contributed by atoms with E-state index in [2.05, 4.69) is 15.9 Å². The molecule has 1 aromatic rings. The highest BCUT2D eigenvalue weighted by Crippen LogP contribution is 2.23. The number of nitrogens with zero attached hydrogens (tertiary/aromatic N) is 1. The Morgan fingerprint density at radius 2 is 2.20 bits per heavy atom. The van der Waals surface area contributed by atoms with Gasteiger partial charge in [0.15, 0.2) is 0 Å². The van der Waals surface area contributed by atoms with Crippen molar-refractivity contribution in [3.05, 3.63) is 34.3 Å². The summed E-state index contributed by atoms with van der Waals surface area (Å²) >= 11 is 3.43. The van der Waals surface area contributed by atoms with Gasteiger partial charge in [0.25, 0.3) is 5.91 Å². The summed E-state index contributed by atoms with van der Waals surface area (Å²) in [6.07, 6.45) is 1.00. The van der Waals surface area contributed by atoms with Crippen molar-refractivity contribution < 1.29 is 14.3 Å². The number of carbonyl (C=O) groups excluding carboxylic acids is 1. The van der Waals surface area contributed by atoms with Crippen LogP contribution in [-0.4, -0.2) is 50.8 Å². The zero-order chi connectivity index (χ0) is 14.4. The van der Waals surface area contributed by atoms with E-state index in [-0.39, 0.29) is 5.91 Å². The lowest BCUT2D eigenvalue weighted by Gasteiger charge is -2.17. The van der Waals surface area contributed by atoms with Crippen LogP contribution in [0.2, 0.25) is 0 Å². The highest BCUT2D eigenvalue weighted by atomic mass is 79.9. The fourth-order valence-electron chi connectivity index (χ4n) is 2.35. The first-order valence-corrected chi connectivity index (χ1v) is 7.62. The predicted octanol–water partition coefficient (Wildman–Crippen LogP) is 2.57. The molecule has 1 fully saturated rings. The molecule has 1 aliphatic rings. The Morgan fingerprint density at radius 3 is 2.95 bits per heavy atom. The minimum atomic E-state index is 0.0943. The van der Waals surface area contributed by atoms with E-state index >= 15 is 0 Å². The summed E-state index contributed by atoms with van der Waals surface area (Å²) in [7, 11) is 1.66. The Hall–Kier alpha value is -0.910. The largest absolute Gasteiger partial charge is 0.382 e. The van der Waals surface area contributed by atoms with E-state index in [0.29, 0.717) is 25.7 Å². The van der Waals surface area contributed by atoms with Crippen molar-refractivity contribution in [2.75, 3.05) is 40.0 Å². The average Bonchev–Trinajstić information content (AvgIpc) is 2.92. The van der Waals surface area contributed by atoms with Gasteiger partial charge < -0.3 is 14.4 Å². The molecule has 1 heterocycles. The second-order valence-electron chi connectivity index (χ2n) is 4.95. The minimum absolute atomic E-state index is 0.0943. The van der Waals surface area contributed by atoms with Crippen LogP contribution < -0.4 is 0 Å². The van der Waals surface area contributed by atoms with Crippen LogP contribution in [0.4, 0.5) is 0 Å². The van der Waals surface area contributed by atoms with Crippen molar-refractivity contribution in [2.24, 2.45) is 5.92 Å². The number of rotatable bonds is 6. The summed E-state index contributed by atoms with van der Waals surface area (Å²) < 4.78 is 11.3. The van der Waals surface area contributed by atoms with Gasteiger partial charge in [-0.2, -0.15) is 0 Å². The first-order valence-electron chi connectivity index (χ1n) is 6.83. The van der Waals surface area contributed by atoms with Gasteiger partial charge in [-0.15, -0.1) is 0 Å². The van der Waals surface area contributed by atoms with Crippen molar-refractivity contribution >= 4 is 21.8 Å². The number of hydrogen-bond acceptors (Lipinski definition) is 3. The number of ether oxygens (including phenoxy) is 2. The molecule has 110 valence electrons. The van der Waals surface area contributed by atoms with Gasteiger partial charge in [-0.05, 0) is 34.5 Å². The summed E-state index contributed by atoms with van der Waals surface area (Å²) in [6, 6.07) is 7.56. The second kappa shape index (κ2) is 7.76. The molecule has 0 unspecified atom stereocenters. The molecule has 0 radical (unpaired) electrons. The van der Waals surface area contributed by atoms with Gasteiger partial charge in [0.2, 0.25) is 0 Å². The standard InChI is InChI=1S/C15H20BrNO3/c1-19-8-9-20-11-12-6-7-17(10-12)15(18)13-4-2-3-5-14(13)16/h2-5,12H,6-11H2,1H3/t12-/m0/s1. The normalized spacial score (nSPS) is 18.5. The van der Waals surface area contributed by atoms with Crippen molar-refractivity contribution in [2.45, 2.75) is 6.42 Å². The molecule has 1 saturated heterocycles. The van der Waals surface area contributed by atoms with Crippen molar-refractivity contribution in [3.63, 3.8) is 0 Å². The number of methoxy groups -OCH3 is 1. The molecule has 1 aliphatic heterocycles. The number of hydrogen-bond donors (Lipinski definition) is 0. The van der Waals surface area contributed by atoms with Crippen LogP contribution in [-0.2, 0) is 9.47 Å². The number of halogens is 1. The molecular weight excluding hydrogens is 322 g/mol. The lowest BCUT2D eigenvalue weighted by atomic mass is 10.1. The van der Waals surface area contributed by atoms with Crippen LogP contribution in [0.15, 0.2) is 28.7 Å². The predicted molar refractivity (Wildman–Crippen MR) is 80.8 cm³/mol. The van der Waals surface area contributed by atoms with Gasteiger partial charge in [-0.25, -0.2) is 0 Å². The van der Waals surface area contributed by atoms with Gasteiger partial charge in [0.05, 0.1) is 25.4 Å². The topological polar surface area (TPSA) is 38.8 Å². The van der Waals surface area contributed by atoms with Gasteiger partial charge >= 0.3 is 0 Å². The van der Waals surface area contributed by atoms with Crippen molar-refractivity contribution in [1.29, 1.82) is 0 Å². The Balaban J connectivity index is 1.83. The van der Waals surface area contributed by atoms with E-state index in [1.807, 2.05) is 29.2 Å². The minimum Gasteiger partial charge on any atom is -0.382 e. The molecule has 1 atom stereocenters. The van der Waals surface area contributed by atoms with Gasteiger partial charge in [0, 0.05) is 30.6 Å². The van der Waals surface area contributed by atoms with E-state index in [0.717, 1.165) is 29.5 Å². The second-order valence-corrected chi connectivity index (χ2v) is 5.81. The number of likely N-dealkylation sites (tertiary alicyclic amines) is 1. The third kappa shape index (κ3) is 4.04. The Bertz CT molecular complexity index is 452.